The molecule has 3 aromatic carbocycles. The second-order valence-corrected chi connectivity index (χ2v) is 10.4. The van der Waals surface area contributed by atoms with Crippen LogP contribution in [0.3, 0.4) is 0 Å². The van der Waals surface area contributed by atoms with Crippen LogP contribution in [0.4, 0.5) is 13.2 Å². The van der Waals surface area contributed by atoms with Crippen molar-refractivity contribution in [2.45, 2.75) is 51.1 Å². The van der Waals surface area contributed by atoms with Gasteiger partial charge in [-0.05, 0) is 55.2 Å². The van der Waals surface area contributed by atoms with E-state index in [0.29, 0.717) is 43.9 Å². The number of halogens is 4. The first-order chi connectivity index (χ1) is 18.0. The van der Waals surface area contributed by atoms with Crippen molar-refractivity contribution < 1.29 is 27.8 Å². The highest BCUT2D eigenvalue weighted by atomic mass is 35.5. The Kier molecular flexibility index (Phi) is 10.6. The van der Waals surface area contributed by atoms with Gasteiger partial charge in [-0.2, -0.15) is 13.2 Å². The van der Waals surface area contributed by atoms with E-state index in [4.69, 9.17) is 21.1 Å². The van der Waals surface area contributed by atoms with Gasteiger partial charge in [-0.1, -0.05) is 66.2 Å². The van der Waals surface area contributed by atoms with Gasteiger partial charge in [0.15, 0.2) is 0 Å². The van der Waals surface area contributed by atoms with E-state index in [1.54, 1.807) is 27.0 Å². The number of hydrogen-bond donors (Lipinski definition) is 1. The third-order valence-electron chi connectivity index (χ3n) is 6.08. The highest BCUT2D eigenvalue weighted by Gasteiger charge is 2.34. The minimum absolute atomic E-state index is 0.233. The lowest BCUT2D eigenvalue weighted by atomic mass is 9.99. The molecule has 4 nitrogen and oxygen atoms in total. The molecule has 0 radical (unpaired) electrons. The molecule has 0 saturated carbocycles. The Morgan fingerprint density at radius 1 is 0.974 bits per heavy atom. The number of alkyl halides is 3. The molecule has 3 aromatic rings. The molecule has 0 aliphatic rings. The molecule has 0 spiro atoms. The molecule has 8 heteroatoms. The summed E-state index contributed by atoms with van der Waals surface area (Å²) >= 11 is 6.21. The van der Waals surface area contributed by atoms with Crippen LogP contribution >= 0.6 is 11.6 Å². The lowest BCUT2D eigenvalue weighted by molar-refractivity contribution is -0.137. The summed E-state index contributed by atoms with van der Waals surface area (Å²) in [5, 5.41) is 9.81. The smallest absolute Gasteiger partial charge is 0.417 e. The third-order valence-corrected chi connectivity index (χ3v) is 6.53. The van der Waals surface area contributed by atoms with Gasteiger partial charge < -0.3 is 14.6 Å². The van der Waals surface area contributed by atoms with Gasteiger partial charge in [-0.15, -0.1) is 0 Å². The minimum Gasteiger partial charge on any atom is -0.494 e. The molecule has 0 saturated heterocycles. The van der Waals surface area contributed by atoms with Gasteiger partial charge >= 0.3 is 6.18 Å². The Bertz CT molecular complexity index is 1150. The van der Waals surface area contributed by atoms with Gasteiger partial charge in [0, 0.05) is 33.2 Å². The fraction of sp³-hybridized carbons (Fsp3) is 0.400. The van der Waals surface area contributed by atoms with Crippen molar-refractivity contribution in [1.29, 1.82) is 0 Å². The lowest BCUT2D eigenvalue weighted by Crippen LogP contribution is -2.31. The Morgan fingerprint density at radius 2 is 1.68 bits per heavy atom. The standard InChI is InChI=1S/C30H35ClF3NO3/c1-29(2,36)19-22-10-7-14-25(18-22)38-17-9-16-35(21-27(37-3)23-11-5-4-6-12-23)20-24-13-8-15-26(28(24)31)30(32,33)34/h4-8,10-15,18,27,36H,9,16-17,19-21H2,1-3H3/t27-/m0/s1. The number of methoxy groups -OCH3 is 1. The highest BCUT2D eigenvalue weighted by molar-refractivity contribution is 6.32. The second kappa shape index (κ2) is 13.5. The molecule has 0 fully saturated rings. The van der Waals surface area contributed by atoms with Crippen molar-refractivity contribution in [2.24, 2.45) is 0 Å². The Labute approximate surface area is 228 Å². The van der Waals surface area contributed by atoms with E-state index in [1.165, 1.54) is 6.07 Å². The van der Waals surface area contributed by atoms with Crippen LogP contribution < -0.4 is 4.74 Å². The van der Waals surface area contributed by atoms with Crippen LogP contribution in [-0.4, -0.2) is 42.4 Å². The average molecular weight is 550 g/mol. The van der Waals surface area contributed by atoms with E-state index in [1.807, 2.05) is 59.5 Å². The molecule has 0 amide bonds. The quantitative estimate of drug-likeness (QED) is 0.227. The van der Waals surface area contributed by atoms with Crippen LogP contribution in [0.25, 0.3) is 0 Å². The maximum Gasteiger partial charge on any atom is 0.417 e. The molecule has 0 bridgehead atoms. The van der Waals surface area contributed by atoms with Gasteiger partial charge in [-0.3, -0.25) is 4.90 Å². The monoisotopic (exact) mass is 549 g/mol. The Morgan fingerprint density at radius 3 is 2.34 bits per heavy atom. The topological polar surface area (TPSA) is 41.9 Å². The number of rotatable bonds is 13. The maximum atomic E-state index is 13.4. The minimum atomic E-state index is -4.52. The van der Waals surface area contributed by atoms with E-state index in [-0.39, 0.29) is 17.7 Å². The van der Waals surface area contributed by atoms with Crippen LogP contribution in [0, 0.1) is 0 Å². The second-order valence-electron chi connectivity index (χ2n) is 9.99. The van der Waals surface area contributed by atoms with E-state index in [2.05, 4.69) is 0 Å². The highest BCUT2D eigenvalue weighted by Crippen LogP contribution is 2.36. The third kappa shape index (κ3) is 9.31. The Balaban J connectivity index is 1.71. The van der Waals surface area contributed by atoms with Crippen molar-refractivity contribution in [2.75, 3.05) is 26.8 Å². The predicted octanol–water partition coefficient (Wildman–Crippen LogP) is 7.33. The molecule has 0 aromatic heterocycles. The molecule has 1 atom stereocenters. The van der Waals surface area contributed by atoms with Crippen molar-refractivity contribution in [1.82, 2.24) is 4.90 Å². The van der Waals surface area contributed by atoms with Crippen molar-refractivity contribution in [3.8, 4) is 5.75 Å². The van der Waals surface area contributed by atoms with Gasteiger partial charge in [0.2, 0.25) is 0 Å². The molecule has 0 aliphatic carbocycles. The number of aliphatic hydroxyl groups is 1. The van der Waals surface area contributed by atoms with Gasteiger partial charge in [0.05, 0.1) is 28.9 Å². The summed E-state index contributed by atoms with van der Waals surface area (Å²) in [5.41, 5.74) is 0.707. The van der Waals surface area contributed by atoms with Crippen molar-refractivity contribution in [3.05, 3.63) is 100 Å². The zero-order valence-electron chi connectivity index (χ0n) is 22.0. The summed E-state index contributed by atoms with van der Waals surface area (Å²) in [4.78, 5) is 2.04. The zero-order chi connectivity index (χ0) is 27.8. The SMILES string of the molecule is CO[C@@H](CN(CCCOc1cccc(CC(C)(C)O)c1)Cc1cccc(C(F)(F)F)c1Cl)c1ccccc1. The normalized spacial score (nSPS) is 13.1. The van der Waals surface area contributed by atoms with Crippen LogP contribution in [0.2, 0.25) is 5.02 Å². The summed E-state index contributed by atoms with van der Waals surface area (Å²) in [7, 11) is 1.62. The summed E-state index contributed by atoms with van der Waals surface area (Å²) in [5.74, 6) is 0.707. The molecule has 3 rings (SSSR count). The van der Waals surface area contributed by atoms with Crippen LogP contribution in [0.1, 0.15) is 48.6 Å². The van der Waals surface area contributed by atoms with Crippen molar-refractivity contribution >= 4 is 11.6 Å². The largest absolute Gasteiger partial charge is 0.494 e. The molecular formula is C30H35ClF3NO3. The number of ether oxygens (including phenoxy) is 2. The van der Waals surface area contributed by atoms with Gasteiger partial charge in [0.25, 0.3) is 0 Å². The maximum absolute atomic E-state index is 13.4. The van der Waals surface area contributed by atoms with E-state index in [9.17, 15) is 18.3 Å². The number of hydrogen-bond acceptors (Lipinski definition) is 4. The molecular weight excluding hydrogens is 515 g/mol. The molecule has 0 heterocycles. The molecule has 0 aliphatic heterocycles. The van der Waals surface area contributed by atoms with E-state index < -0.39 is 17.3 Å². The van der Waals surface area contributed by atoms with Crippen molar-refractivity contribution in [3.63, 3.8) is 0 Å². The summed E-state index contributed by atoms with van der Waals surface area (Å²) in [6.07, 6.45) is -3.64. The van der Waals surface area contributed by atoms with Crippen LogP contribution in [-0.2, 0) is 23.9 Å². The number of benzene rings is 3. The summed E-state index contributed by atoms with van der Waals surface area (Å²) in [6.45, 7) is 5.19. The fourth-order valence-electron chi connectivity index (χ4n) is 4.34. The summed E-state index contributed by atoms with van der Waals surface area (Å²) < 4.78 is 52.0. The summed E-state index contributed by atoms with van der Waals surface area (Å²) in [6, 6.07) is 21.3. The lowest BCUT2D eigenvalue weighted by Gasteiger charge is -2.28. The van der Waals surface area contributed by atoms with E-state index >= 15 is 0 Å². The van der Waals surface area contributed by atoms with Crippen LogP contribution in [0.5, 0.6) is 5.75 Å². The molecule has 206 valence electrons. The number of nitrogens with zero attached hydrogens (tertiary/aromatic N) is 1. The molecule has 0 unspecified atom stereocenters. The van der Waals surface area contributed by atoms with E-state index in [0.717, 1.165) is 17.2 Å². The Hall–Kier alpha value is -2.58. The first-order valence-electron chi connectivity index (χ1n) is 12.5. The van der Waals surface area contributed by atoms with Gasteiger partial charge in [0.1, 0.15) is 5.75 Å². The van der Waals surface area contributed by atoms with Gasteiger partial charge in [-0.25, -0.2) is 0 Å². The molecule has 1 N–H and O–H groups in total. The average Bonchev–Trinajstić information content (AvgIpc) is 2.85. The molecule has 38 heavy (non-hydrogen) atoms. The van der Waals surface area contributed by atoms with Crippen LogP contribution in [0.15, 0.2) is 72.8 Å². The fourth-order valence-corrected chi connectivity index (χ4v) is 4.63. The first kappa shape index (κ1) is 30.0. The first-order valence-corrected chi connectivity index (χ1v) is 12.9. The zero-order valence-corrected chi connectivity index (χ0v) is 22.7. The predicted molar refractivity (Wildman–Crippen MR) is 144 cm³/mol.